The summed E-state index contributed by atoms with van der Waals surface area (Å²) in [6, 6.07) is 10.8. The molecule has 38 heavy (non-hydrogen) atoms. The first-order valence-corrected chi connectivity index (χ1v) is 13.5. The van der Waals surface area contributed by atoms with Gasteiger partial charge in [0.25, 0.3) is 6.47 Å². The molecule has 4 rings (SSSR count). The molecule has 2 aromatic carbocycles. The highest BCUT2D eigenvalue weighted by atomic mass is 35.5. The van der Waals surface area contributed by atoms with Gasteiger partial charge in [0.2, 0.25) is 0 Å². The van der Waals surface area contributed by atoms with E-state index in [1.165, 1.54) is 45.0 Å². The lowest BCUT2D eigenvalue weighted by molar-refractivity contribution is -0.122. The van der Waals surface area contributed by atoms with Gasteiger partial charge in [0.1, 0.15) is 17.7 Å². The number of hydrogen-bond acceptors (Lipinski definition) is 4. The highest BCUT2D eigenvalue weighted by Crippen LogP contribution is 2.27. The number of carbonyl (C=O) groups is 1. The zero-order valence-corrected chi connectivity index (χ0v) is 23.7. The molecule has 8 heteroatoms. The van der Waals surface area contributed by atoms with Crippen molar-refractivity contribution in [1.82, 2.24) is 4.90 Å². The summed E-state index contributed by atoms with van der Waals surface area (Å²) in [4.78, 5) is 11.0. The summed E-state index contributed by atoms with van der Waals surface area (Å²) in [6.07, 6.45) is 4.57. The van der Waals surface area contributed by atoms with Crippen LogP contribution in [0.4, 0.5) is 8.78 Å². The van der Waals surface area contributed by atoms with E-state index in [0.29, 0.717) is 22.6 Å². The molecule has 2 aromatic rings. The number of ether oxygens (including phenoxy) is 1. The fraction of sp³-hybridized carbons (Fsp3) is 0.533. The Morgan fingerprint density at radius 3 is 2.47 bits per heavy atom. The van der Waals surface area contributed by atoms with Crippen LogP contribution in [0.5, 0.6) is 0 Å². The van der Waals surface area contributed by atoms with Crippen LogP contribution in [0, 0.1) is 47.6 Å². The summed E-state index contributed by atoms with van der Waals surface area (Å²) in [6.45, 7) is 14.2. The largest absolute Gasteiger partial charge is 0.483 e. The first-order valence-electron chi connectivity index (χ1n) is 13.2. The highest BCUT2D eigenvalue weighted by molar-refractivity contribution is 6.31. The maximum Gasteiger partial charge on any atom is 0.290 e. The molecule has 0 aliphatic carbocycles. The Morgan fingerprint density at radius 2 is 1.95 bits per heavy atom. The van der Waals surface area contributed by atoms with Crippen molar-refractivity contribution < 1.29 is 23.4 Å². The molecule has 2 aliphatic heterocycles. The second kappa shape index (κ2) is 18.7. The molecule has 0 radical (unpaired) electrons. The van der Waals surface area contributed by atoms with Gasteiger partial charge < -0.3 is 14.7 Å². The second-order valence-corrected chi connectivity index (χ2v) is 10.1. The summed E-state index contributed by atoms with van der Waals surface area (Å²) in [5, 5.41) is 15.9. The van der Waals surface area contributed by atoms with Crippen molar-refractivity contribution >= 4 is 18.1 Å². The number of halogens is 3. The molecule has 3 atom stereocenters. The Hall–Kier alpha value is -2.53. The first kappa shape index (κ1) is 33.5. The third-order valence-corrected chi connectivity index (χ3v) is 7.24. The molecule has 0 spiro atoms. The number of hydrogen-bond donors (Lipinski definition) is 1. The van der Waals surface area contributed by atoms with E-state index in [0.717, 1.165) is 48.7 Å². The fourth-order valence-electron chi connectivity index (χ4n) is 4.44. The lowest BCUT2D eigenvalue weighted by Crippen LogP contribution is -2.28. The fourth-order valence-corrected chi connectivity index (χ4v) is 4.72. The van der Waals surface area contributed by atoms with Gasteiger partial charge in [-0.2, -0.15) is 5.26 Å². The Labute approximate surface area is 231 Å². The SMILES string of the molecule is CCC(C)C1CCN(CC2CCOC2)C1.CCc1cc(F)ccc1F.Cc1ccc(C#N)c(Cl)c1.O=CO. The molecular weight excluding hydrogens is 510 g/mol. The van der Waals surface area contributed by atoms with E-state index in [1.807, 2.05) is 19.1 Å². The lowest BCUT2D eigenvalue weighted by atomic mass is 9.91. The number of carboxylic acid groups (broad SMARTS) is 1. The Morgan fingerprint density at radius 1 is 1.24 bits per heavy atom. The van der Waals surface area contributed by atoms with E-state index in [1.54, 1.807) is 19.1 Å². The van der Waals surface area contributed by atoms with Gasteiger partial charge in [-0.15, -0.1) is 0 Å². The van der Waals surface area contributed by atoms with Gasteiger partial charge in [-0.1, -0.05) is 44.9 Å². The van der Waals surface area contributed by atoms with Crippen molar-refractivity contribution in [2.45, 2.75) is 53.4 Å². The average molecular weight is 551 g/mol. The van der Waals surface area contributed by atoms with Crippen LogP contribution in [0.3, 0.4) is 0 Å². The molecule has 2 aliphatic rings. The van der Waals surface area contributed by atoms with Crippen LogP contribution in [0.2, 0.25) is 5.02 Å². The van der Waals surface area contributed by atoms with Crippen LogP contribution in [0.1, 0.15) is 56.7 Å². The Balaban J connectivity index is 0.000000279. The van der Waals surface area contributed by atoms with E-state index in [2.05, 4.69) is 18.7 Å². The summed E-state index contributed by atoms with van der Waals surface area (Å²) >= 11 is 5.71. The van der Waals surface area contributed by atoms with E-state index < -0.39 is 0 Å². The van der Waals surface area contributed by atoms with E-state index in [9.17, 15) is 8.78 Å². The molecular formula is C30H41ClF2N2O3. The summed E-state index contributed by atoms with van der Waals surface area (Å²) in [5.41, 5.74) is 2.04. The van der Waals surface area contributed by atoms with Gasteiger partial charge in [-0.05, 0) is 91.9 Å². The van der Waals surface area contributed by atoms with Gasteiger partial charge in [0, 0.05) is 19.7 Å². The minimum atomic E-state index is -0.377. The third-order valence-electron chi connectivity index (χ3n) is 6.93. The molecule has 210 valence electrons. The van der Waals surface area contributed by atoms with Crippen LogP contribution in [-0.4, -0.2) is 49.3 Å². The highest BCUT2D eigenvalue weighted by Gasteiger charge is 2.28. The molecule has 0 saturated carbocycles. The van der Waals surface area contributed by atoms with Gasteiger partial charge >= 0.3 is 0 Å². The number of aryl methyl sites for hydroxylation is 2. The maximum absolute atomic E-state index is 12.6. The van der Waals surface area contributed by atoms with Crippen LogP contribution in [0.25, 0.3) is 0 Å². The summed E-state index contributed by atoms with van der Waals surface area (Å²) in [5.74, 6) is 1.98. The quantitative estimate of drug-likeness (QED) is 0.400. The van der Waals surface area contributed by atoms with Gasteiger partial charge in [0.05, 0.1) is 17.2 Å². The van der Waals surface area contributed by atoms with Crippen molar-refractivity contribution in [3.63, 3.8) is 0 Å². The lowest BCUT2D eigenvalue weighted by Gasteiger charge is -2.21. The van der Waals surface area contributed by atoms with Gasteiger partial charge in [-0.25, -0.2) is 8.78 Å². The molecule has 0 amide bonds. The van der Waals surface area contributed by atoms with E-state index in [4.69, 9.17) is 31.5 Å². The standard InChI is InChI=1S/C13H25NO.C8H6ClN.C8H8F2.CH2O2/c1-3-11(2)13-4-6-14(9-13)8-12-5-7-15-10-12;1-6-2-3-7(5-10)8(9)4-6;1-2-6-5-7(9)3-4-8(6)10;2-1-3/h11-13H,3-10H2,1-2H3;2-4H,1H3;3-5H,2H2,1H3;1H,(H,2,3). The van der Waals surface area contributed by atoms with Crippen molar-refractivity contribution in [2.24, 2.45) is 17.8 Å². The number of nitriles is 1. The molecule has 1 N–H and O–H groups in total. The van der Waals surface area contributed by atoms with Crippen molar-refractivity contribution in [3.05, 3.63) is 69.7 Å². The minimum absolute atomic E-state index is 0.250. The smallest absolute Gasteiger partial charge is 0.290 e. The molecule has 5 nitrogen and oxygen atoms in total. The number of rotatable bonds is 5. The van der Waals surface area contributed by atoms with E-state index >= 15 is 0 Å². The van der Waals surface area contributed by atoms with Gasteiger partial charge in [0.15, 0.2) is 0 Å². The van der Waals surface area contributed by atoms with Crippen LogP contribution >= 0.6 is 11.6 Å². The monoisotopic (exact) mass is 550 g/mol. The zero-order chi connectivity index (χ0) is 28.5. The number of nitrogens with zero attached hydrogens (tertiary/aromatic N) is 2. The topological polar surface area (TPSA) is 73.6 Å². The first-order chi connectivity index (χ1) is 18.2. The number of benzene rings is 2. The van der Waals surface area contributed by atoms with Gasteiger partial charge in [-0.3, -0.25) is 4.79 Å². The summed E-state index contributed by atoms with van der Waals surface area (Å²) in [7, 11) is 0. The molecule has 2 heterocycles. The van der Waals surface area contributed by atoms with Crippen molar-refractivity contribution in [2.75, 3.05) is 32.8 Å². The second-order valence-electron chi connectivity index (χ2n) is 9.71. The van der Waals surface area contributed by atoms with Crippen LogP contribution < -0.4 is 0 Å². The molecule has 2 saturated heterocycles. The minimum Gasteiger partial charge on any atom is -0.483 e. The normalized spacial score (nSPS) is 19.0. The summed E-state index contributed by atoms with van der Waals surface area (Å²) < 4.78 is 30.4. The Bertz CT molecular complexity index is 1000. The average Bonchev–Trinajstić information content (AvgIpc) is 3.59. The molecule has 0 bridgehead atoms. The predicted octanol–water partition coefficient (Wildman–Crippen LogP) is 7.14. The number of likely N-dealkylation sites (tertiary alicyclic amines) is 1. The van der Waals surface area contributed by atoms with E-state index in [-0.39, 0.29) is 18.1 Å². The molecule has 0 aromatic heterocycles. The Kier molecular flexibility index (Phi) is 16.5. The molecule has 3 unspecified atom stereocenters. The van der Waals surface area contributed by atoms with Crippen LogP contribution in [-0.2, 0) is 16.0 Å². The maximum atomic E-state index is 12.6. The third kappa shape index (κ3) is 12.3. The molecule has 2 fully saturated rings. The van der Waals surface area contributed by atoms with Crippen molar-refractivity contribution in [3.8, 4) is 6.07 Å². The van der Waals surface area contributed by atoms with Crippen LogP contribution in [0.15, 0.2) is 36.4 Å². The van der Waals surface area contributed by atoms with Crippen molar-refractivity contribution in [1.29, 1.82) is 5.26 Å². The predicted molar refractivity (Wildman–Crippen MR) is 148 cm³/mol. The zero-order valence-electron chi connectivity index (χ0n) is 22.9.